The maximum Gasteiger partial charge on any atom is 0.208 e. The normalized spacial score (nSPS) is 12.5. The molecule has 0 fully saturated rings. The van der Waals surface area contributed by atoms with Crippen LogP contribution in [0.4, 0.5) is 0 Å². The first-order valence-electron chi connectivity index (χ1n) is 5.19. The summed E-state index contributed by atoms with van der Waals surface area (Å²) in [5, 5.41) is 0. The number of hydrogen-bond donors (Lipinski definition) is 0. The maximum atomic E-state index is 5.49. The van der Waals surface area contributed by atoms with Crippen molar-refractivity contribution in [3.63, 3.8) is 0 Å². The minimum absolute atomic E-state index is 0.664. The molecular weight excluding hydrogens is 188 g/mol. The number of nitrogens with zero attached hydrogens (tertiary/aromatic N) is 2. The van der Waals surface area contributed by atoms with Crippen molar-refractivity contribution < 1.29 is 4.74 Å². The van der Waals surface area contributed by atoms with Gasteiger partial charge in [0, 0.05) is 12.8 Å². The minimum Gasteiger partial charge on any atom is -0.478 e. The van der Waals surface area contributed by atoms with Crippen LogP contribution in [-0.4, -0.2) is 38.4 Å². The van der Waals surface area contributed by atoms with Crippen molar-refractivity contribution in [3.8, 4) is 0 Å². The second kappa shape index (κ2) is 8.24. The van der Waals surface area contributed by atoms with E-state index >= 15 is 0 Å². The lowest BCUT2D eigenvalue weighted by atomic mass is 10.4. The smallest absolute Gasteiger partial charge is 0.208 e. The molecule has 0 radical (unpaired) electrons. The lowest BCUT2D eigenvalue weighted by molar-refractivity contribution is 0.194. The van der Waals surface area contributed by atoms with Crippen molar-refractivity contribution in [2.24, 2.45) is 4.99 Å². The molecule has 0 aliphatic carbocycles. The maximum absolute atomic E-state index is 5.49. The van der Waals surface area contributed by atoms with Crippen LogP contribution in [-0.2, 0) is 4.74 Å². The summed E-state index contributed by atoms with van der Waals surface area (Å²) >= 11 is 0. The molecule has 0 aromatic rings. The predicted molar refractivity (Wildman–Crippen MR) is 66.2 cm³/mol. The van der Waals surface area contributed by atoms with Crippen LogP contribution >= 0.6 is 0 Å². The largest absolute Gasteiger partial charge is 0.478 e. The molecule has 0 aliphatic heterocycles. The van der Waals surface area contributed by atoms with Gasteiger partial charge < -0.3 is 9.64 Å². The number of ether oxygens (including phenoxy) is 1. The first-order chi connectivity index (χ1) is 7.06. The highest BCUT2D eigenvalue weighted by Gasteiger charge is 1.94. The monoisotopic (exact) mass is 210 g/mol. The lowest BCUT2D eigenvalue weighted by Crippen LogP contribution is -2.14. The highest BCUT2D eigenvalue weighted by atomic mass is 16.5. The van der Waals surface area contributed by atoms with E-state index in [0.29, 0.717) is 12.5 Å². The third kappa shape index (κ3) is 9.22. The van der Waals surface area contributed by atoms with E-state index in [4.69, 9.17) is 4.74 Å². The third-order valence-corrected chi connectivity index (χ3v) is 1.66. The zero-order valence-electron chi connectivity index (χ0n) is 10.3. The highest BCUT2D eigenvalue weighted by molar-refractivity contribution is 5.77. The van der Waals surface area contributed by atoms with Crippen LogP contribution in [0, 0.1) is 0 Å². The molecule has 86 valence electrons. The highest BCUT2D eigenvalue weighted by Crippen LogP contribution is 2.00. The van der Waals surface area contributed by atoms with E-state index in [-0.39, 0.29) is 0 Å². The molecule has 0 aromatic carbocycles. The van der Waals surface area contributed by atoms with Crippen LogP contribution < -0.4 is 0 Å². The van der Waals surface area contributed by atoms with Crippen LogP contribution in [0.3, 0.4) is 0 Å². The number of aliphatic imine (C=N–C) groups is 1. The van der Waals surface area contributed by atoms with Gasteiger partial charge >= 0.3 is 0 Å². The minimum atomic E-state index is 0.664. The average Bonchev–Trinajstić information content (AvgIpc) is 2.16. The van der Waals surface area contributed by atoms with Crippen LogP contribution in [0.25, 0.3) is 0 Å². The van der Waals surface area contributed by atoms with Crippen molar-refractivity contribution in [2.45, 2.75) is 20.3 Å². The lowest BCUT2D eigenvalue weighted by Gasteiger charge is -2.10. The van der Waals surface area contributed by atoms with E-state index < -0.39 is 0 Å². The van der Waals surface area contributed by atoms with E-state index in [0.717, 1.165) is 18.5 Å². The fourth-order valence-corrected chi connectivity index (χ4v) is 0.926. The predicted octanol–water partition coefficient (Wildman–Crippen LogP) is 2.46. The van der Waals surface area contributed by atoms with Crippen LogP contribution in [0.2, 0.25) is 0 Å². The Balaban J connectivity index is 3.78. The molecule has 0 amide bonds. The third-order valence-electron chi connectivity index (χ3n) is 1.66. The number of allylic oxidation sites excluding steroid dienone is 2. The fourth-order valence-electron chi connectivity index (χ4n) is 0.926. The van der Waals surface area contributed by atoms with Gasteiger partial charge in [-0.3, -0.25) is 0 Å². The zero-order valence-corrected chi connectivity index (χ0v) is 10.3. The number of rotatable bonds is 7. The molecule has 0 unspecified atom stereocenters. The van der Waals surface area contributed by atoms with Gasteiger partial charge in [0.25, 0.3) is 0 Å². The van der Waals surface area contributed by atoms with Gasteiger partial charge in [-0.15, -0.1) is 0 Å². The second-order valence-corrected chi connectivity index (χ2v) is 3.74. The molecule has 3 nitrogen and oxygen atoms in total. The standard InChI is InChI=1S/C12H22N2O/c1-6-12(13-10-11(2)3)15-9-7-8-14(4)5/h6,10H,2,7-9H2,1,3-5H3/b12-6+,13-10-. The Morgan fingerprint density at radius 1 is 1.47 bits per heavy atom. The molecule has 0 saturated carbocycles. The fraction of sp³-hybridized carbons (Fsp3) is 0.583. The Kier molecular flexibility index (Phi) is 7.64. The summed E-state index contributed by atoms with van der Waals surface area (Å²) in [6, 6.07) is 0. The molecule has 0 heterocycles. The summed E-state index contributed by atoms with van der Waals surface area (Å²) in [6.45, 7) is 9.29. The zero-order chi connectivity index (χ0) is 11.7. The van der Waals surface area contributed by atoms with Gasteiger partial charge in [-0.25, -0.2) is 4.99 Å². The van der Waals surface area contributed by atoms with E-state index in [1.807, 2.05) is 19.9 Å². The number of hydrogen-bond acceptors (Lipinski definition) is 3. The Hall–Kier alpha value is -1.09. The molecule has 0 atom stereocenters. The van der Waals surface area contributed by atoms with Crippen molar-refractivity contribution >= 4 is 6.21 Å². The molecule has 0 saturated heterocycles. The molecule has 0 N–H and O–H groups in total. The van der Waals surface area contributed by atoms with E-state index in [1.54, 1.807) is 6.21 Å². The van der Waals surface area contributed by atoms with Gasteiger partial charge in [0.1, 0.15) is 0 Å². The van der Waals surface area contributed by atoms with Crippen LogP contribution in [0.5, 0.6) is 0 Å². The van der Waals surface area contributed by atoms with Gasteiger partial charge in [-0.05, 0) is 46.0 Å². The summed E-state index contributed by atoms with van der Waals surface area (Å²) in [7, 11) is 4.10. The van der Waals surface area contributed by atoms with E-state index in [9.17, 15) is 0 Å². The van der Waals surface area contributed by atoms with Crippen molar-refractivity contribution in [1.82, 2.24) is 4.90 Å². The van der Waals surface area contributed by atoms with E-state index in [1.165, 1.54) is 0 Å². The summed E-state index contributed by atoms with van der Waals surface area (Å²) in [6.07, 6.45) is 4.57. The molecule has 0 spiro atoms. The molecule has 3 heteroatoms. The van der Waals surface area contributed by atoms with Gasteiger partial charge in [-0.2, -0.15) is 0 Å². The first kappa shape index (κ1) is 13.9. The van der Waals surface area contributed by atoms with Crippen LogP contribution in [0.1, 0.15) is 20.3 Å². The molecular formula is C12H22N2O. The van der Waals surface area contributed by atoms with Gasteiger partial charge in [0.05, 0.1) is 6.61 Å². The Bertz CT molecular complexity index is 242. The molecule has 0 bridgehead atoms. The summed E-state index contributed by atoms with van der Waals surface area (Å²) in [5.74, 6) is 0.664. The van der Waals surface area contributed by atoms with E-state index in [2.05, 4.69) is 30.6 Å². The molecule has 0 rings (SSSR count). The summed E-state index contributed by atoms with van der Waals surface area (Å²) in [5.41, 5.74) is 0.922. The van der Waals surface area contributed by atoms with Crippen molar-refractivity contribution in [2.75, 3.05) is 27.2 Å². The molecule has 0 aliphatic rings. The van der Waals surface area contributed by atoms with Gasteiger partial charge in [-0.1, -0.05) is 6.58 Å². The first-order valence-corrected chi connectivity index (χ1v) is 5.19. The molecule has 15 heavy (non-hydrogen) atoms. The van der Waals surface area contributed by atoms with Gasteiger partial charge in [0.2, 0.25) is 5.88 Å². The SMILES string of the molecule is C=C(C)/C=N\C(=C/C)OCCCN(C)C. The summed E-state index contributed by atoms with van der Waals surface area (Å²) in [4.78, 5) is 6.29. The summed E-state index contributed by atoms with van der Waals surface area (Å²) < 4.78 is 5.49. The van der Waals surface area contributed by atoms with Crippen LogP contribution in [0.15, 0.2) is 29.1 Å². The van der Waals surface area contributed by atoms with Crippen molar-refractivity contribution in [1.29, 1.82) is 0 Å². The topological polar surface area (TPSA) is 24.8 Å². The average molecular weight is 210 g/mol. The Labute approximate surface area is 93.1 Å². The van der Waals surface area contributed by atoms with Gasteiger partial charge in [0.15, 0.2) is 0 Å². The quantitative estimate of drug-likeness (QED) is 0.366. The second-order valence-electron chi connectivity index (χ2n) is 3.74. The molecule has 0 aromatic heterocycles. The Morgan fingerprint density at radius 3 is 2.60 bits per heavy atom. The Morgan fingerprint density at radius 2 is 2.13 bits per heavy atom. The van der Waals surface area contributed by atoms with Crippen molar-refractivity contribution in [3.05, 3.63) is 24.1 Å².